The number of carbonyl (C=O) groups is 2. The Bertz CT molecular complexity index is 273. The molecule has 0 amide bonds. The molecule has 0 aliphatic carbocycles. The fraction of sp³-hybridized carbons (Fsp3) is 0.800. The highest BCUT2D eigenvalue weighted by molar-refractivity contribution is 5.77. The first-order valence-electron chi connectivity index (χ1n) is 5.23. The van der Waals surface area contributed by atoms with Crippen molar-refractivity contribution in [3.63, 3.8) is 0 Å². The Hall–Kier alpha value is -1.22. The van der Waals surface area contributed by atoms with Crippen LogP contribution >= 0.6 is 0 Å². The SMILES string of the molecule is CC(CO)(CO)C(=O)OC(CO)CC(=O)OCO. The molecule has 0 saturated carbocycles. The van der Waals surface area contributed by atoms with Crippen molar-refractivity contribution in [2.45, 2.75) is 19.4 Å². The molecule has 0 spiro atoms. The average Bonchev–Trinajstić information content (AvgIpc) is 2.36. The van der Waals surface area contributed by atoms with E-state index >= 15 is 0 Å². The van der Waals surface area contributed by atoms with Crippen LogP contribution in [0.4, 0.5) is 0 Å². The van der Waals surface area contributed by atoms with E-state index in [0.29, 0.717) is 0 Å². The first-order valence-corrected chi connectivity index (χ1v) is 5.23. The van der Waals surface area contributed by atoms with Crippen LogP contribution in [0.5, 0.6) is 0 Å². The number of ether oxygens (including phenoxy) is 2. The van der Waals surface area contributed by atoms with Crippen molar-refractivity contribution in [2.75, 3.05) is 26.6 Å². The molecule has 0 aromatic rings. The topological polar surface area (TPSA) is 134 Å². The van der Waals surface area contributed by atoms with E-state index in [1.807, 2.05) is 0 Å². The van der Waals surface area contributed by atoms with Gasteiger partial charge in [0.05, 0.1) is 26.2 Å². The van der Waals surface area contributed by atoms with Gasteiger partial charge in [-0.05, 0) is 6.92 Å². The number of hydrogen-bond donors (Lipinski definition) is 4. The predicted molar refractivity (Wildman–Crippen MR) is 57.0 cm³/mol. The summed E-state index contributed by atoms with van der Waals surface area (Å²) in [5.74, 6) is -1.79. The number of aliphatic hydroxyl groups is 4. The molecule has 0 aliphatic heterocycles. The Morgan fingerprint density at radius 3 is 2.11 bits per heavy atom. The molecule has 0 aromatic heterocycles. The van der Waals surface area contributed by atoms with Gasteiger partial charge in [-0.25, -0.2) is 0 Å². The highest BCUT2D eigenvalue weighted by Gasteiger charge is 2.35. The van der Waals surface area contributed by atoms with Crippen molar-refractivity contribution in [3.8, 4) is 0 Å². The molecule has 0 aliphatic rings. The largest absolute Gasteiger partial charge is 0.459 e. The Kier molecular flexibility index (Phi) is 7.44. The number of rotatable bonds is 8. The molecule has 0 heterocycles. The summed E-state index contributed by atoms with van der Waals surface area (Å²) in [5.41, 5.74) is -1.51. The number of esters is 2. The molecule has 8 nitrogen and oxygen atoms in total. The third-order valence-electron chi connectivity index (χ3n) is 2.29. The summed E-state index contributed by atoms with van der Waals surface area (Å²) < 4.78 is 8.98. The predicted octanol–water partition coefficient (Wildman–Crippen LogP) is -2.24. The van der Waals surface area contributed by atoms with Crippen LogP contribution in [0, 0.1) is 5.41 Å². The minimum atomic E-state index is -1.51. The summed E-state index contributed by atoms with van der Waals surface area (Å²) >= 11 is 0. The zero-order valence-electron chi connectivity index (χ0n) is 10.0. The molecule has 1 unspecified atom stereocenters. The second-order valence-corrected chi connectivity index (χ2v) is 3.94. The summed E-state index contributed by atoms with van der Waals surface area (Å²) in [6.45, 7) is -1.44. The van der Waals surface area contributed by atoms with E-state index in [0.717, 1.165) is 0 Å². The van der Waals surface area contributed by atoms with Gasteiger partial charge in [-0.2, -0.15) is 0 Å². The van der Waals surface area contributed by atoms with Crippen LogP contribution in [0.1, 0.15) is 13.3 Å². The molecule has 18 heavy (non-hydrogen) atoms. The molecule has 1 atom stereocenters. The number of hydrogen-bond acceptors (Lipinski definition) is 8. The molecule has 0 saturated heterocycles. The average molecular weight is 266 g/mol. The zero-order chi connectivity index (χ0) is 14.2. The number of carbonyl (C=O) groups excluding carboxylic acids is 2. The second kappa shape index (κ2) is 7.98. The fourth-order valence-electron chi connectivity index (χ4n) is 0.933. The summed E-state index contributed by atoms with van der Waals surface area (Å²) in [6.07, 6.45) is -1.59. The normalized spacial score (nSPS) is 12.9. The van der Waals surface area contributed by atoms with Crippen molar-refractivity contribution >= 4 is 11.9 Å². The first-order chi connectivity index (χ1) is 8.43. The summed E-state index contributed by atoms with van der Waals surface area (Å²) in [6, 6.07) is 0. The molecule has 106 valence electrons. The lowest BCUT2D eigenvalue weighted by Gasteiger charge is -2.25. The second-order valence-electron chi connectivity index (χ2n) is 3.94. The van der Waals surface area contributed by atoms with E-state index in [1.54, 1.807) is 0 Å². The van der Waals surface area contributed by atoms with Gasteiger partial charge in [0.1, 0.15) is 11.5 Å². The standard InChI is InChI=1S/C10H18O8/c1-10(4-12,5-13)9(16)18-7(3-11)2-8(15)17-6-14/h7,11-14H,2-6H2,1H3. The molecular formula is C10H18O8. The van der Waals surface area contributed by atoms with Crippen LogP contribution in [0.25, 0.3) is 0 Å². The number of aliphatic hydroxyl groups excluding tert-OH is 4. The zero-order valence-corrected chi connectivity index (χ0v) is 10.0. The lowest BCUT2D eigenvalue weighted by molar-refractivity contribution is -0.171. The monoisotopic (exact) mass is 266 g/mol. The van der Waals surface area contributed by atoms with Gasteiger partial charge >= 0.3 is 11.9 Å². The highest BCUT2D eigenvalue weighted by Crippen LogP contribution is 2.18. The molecule has 4 N–H and O–H groups in total. The van der Waals surface area contributed by atoms with Crippen LogP contribution in [0.3, 0.4) is 0 Å². The van der Waals surface area contributed by atoms with Gasteiger partial charge in [0.25, 0.3) is 0 Å². The molecule has 8 heteroatoms. The van der Waals surface area contributed by atoms with Crippen molar-refractivity contribution in [2.24, 2.45) is 5.41 Å². The third kappa shape index (κ3) is 4.96. The van der Waals surface area contributed by atoms with Crippen LogP contribution < -0.4 is 0 Å². The highest BCUT2D eigenvalue weighted by atomic mass is 16.6. The van der Waals surface area contributed by atoms with Gasteiger partial charge in [-0.3, -0.25) is 9.59 Å². The third-order valence-corrected chi connectivity index (χ3v) is 2.29. The quantitative estimate of drug-likeness (QED) is 0.286. The Morgan fingerprint density at radius 2 is 1.72 bits per heavy atom. The maximum absolute atomic E-state index is 11.6. The van der Waals surface area contributed by atoms with E-state index in [1.165, 1.54) is 6.92 Å². The smallest absolute Gasteiger partial charge is 0.316 e. The minimum Gasteiger partial charge on any atom is -0.459 e. The van der Waals surface area contributed by atoms with Crippen LogP contribution in [-0.2, 0) is 19.1 Å². The Balaban J connectivity index is 4.45. The first kappa shape index (κ1) is 16.8. The van der Waals surface area contributed by atoms with Gasteiger partial charge in [-0.15, -0.1) is 0 Å². The van der Waals surface area contributed by atoms with E-state index in [2.05, 4.69) is 4.74 Å². The summed E-state index contributed by atoms with van der Waals surface area (Å²) in [4.78, 5) is 22.6. The minimum absolute atomic E-state index is 0.435. The van der Waals surface area contributed by atoms with Crippen LogP contribution in [0.15, 0.2) is 0 Å². The van der Waals surface area contributed by atoms with Crippen molar-refractivity contribution in [1.29, 1.82) is 0 Å². The van der Waals surface area contributed by atoms with Gasteiger partial charge in [0.2, 0.25) is 0 Å². The van der Waals surface area contributed by atoms with E-state index in [9.17, 15) is 9.59 Å². The van der Waals surface area contributed by atoms with Gasteiger partial charge < -0.3 is 29.9 Å². The maximum atomic E-state index is 11.6. The van der Waals surface area contributed by atoms with Crippen LogP contribution in [-0.4, -0.2) is 65.1 Å². The molecular weight excluding hydrogens is 248 g/mol. The van der Waals surface area contributed by atoms with Crippen molar-refractivity contribution in [3.05, 3.63) is 0 Å². The van der Waals surface area contributed by atoms with Crippen LogP contribution in [0.2, 0.25) is 0 Å². The Labute approximate surface area is 104 Å². The molecule has 0 bridgehead atoms. The molecule has 0 radical (unpaired) electrons. The molecule has 0 fully saturated rings. The molecule has 0 aromatic carbocycles. The lowest BCUT2D eigenvalue weighted by Crippen LogP contribution is -2.40. The Morgan fingerprint density at radius 1 is 1.17 bits per heavy atom. The van der Waals surface area contributed by atoms with Gasteiger partial charge in [0, 0.05) is 0 Å². The maximum Gasteiger partial charge on any atom is 0.316 e. The van der Waals surface area contributed by atoms with Gasteiger partial charge in [-0.1, -0.05) is 0 Å². The summed E-state index contributed by atoms with van der Waals surface area (Å²) in [7, 11) is 0. The summed E-state index contributed by atoms with van der Waals surface area (Å²) in [5, 5.41) is 35.2. The van der Waals surface area contributed by atoms with Crippen molar-refractivity contribution < 1.29 is 39.5 Å². The lowest BCUT2D eigenvalue weighted by atomic mass is 9.93. The van der Waals surface area contributed by atoms with Crippen molar-refractivity contribution in [1.82, 2.24) is 0 Å². The van der Waals surface area contributed by atoms with E-state index < -0.39 is 56.5 Å². The van der Waals surface area contributed by atoms with E-state index in [4.69, 9.17) is 25.2 Å². The van der Waals surface area contributed by atoms with E-state index in [-0.39, 0.29) is 0 Å². The fourth-order valence-corrected chi connectivity index (χ4v) is 0.933. The van der Waals surface area contributed by atoms with Gasteiger partial charge in [0.15, 0.2) is 6.79 Å². The molecule has 0 rings (SSSR count).